The number of nitrogens with one attached hydrogen (secondary N) is 1. The Labute approximate surface area is 197 Å². The smallest absolute Gasteiger partial charge is 0.269 e. The molecule has 172 valence electrons. The van der Waals surface area contributed by atoms with Gasteiger partial charge >= 0.3 is 0 Å². The van der Waals surface area contributed by atoms with Crippen molar-refractivity contribution >= 4 is 40.9 Å². The van der Waals surface area contributed by atoms with Crippen LogP contribution in [0.1, 0.15) is 37.8 Å². The summed E-state index contributed by atoms with van der Waals surface area (Å²) in [5.74, 6) is 0.446. The first-order valence-electron chi connectivity index (χ1n) is 10.5. The van der Waals surface area contributed by atoms with E-state index in [-0.39, 0.29) is 23.3 Å². The van der Waals surface area contributed by atoms with E-state index >= 15 is 0 Å². The highest BCUT2D eigenvalue weighted by Gasteiger charge is 2.28. The third-order valence-electron chi connectivity index (χ3n) is 4.84. The molecule has 1 atom stereocenters. The van der Waals surface area contributed by atoms with Gasteiger partial charge in [-0.15, -0.1) is 11.8 Å². The third-order valence-corrected chi connectivity index (χ3v) is 6.08. The van der Waals surface area contributed by atoms with Crippen LogP contribution in [0, 0.1) is 10.1 Å². The molecule has 9 heteroatoms. The number of carbonyl (C=O) groups excluding carboxylic acids is 2. The highest BCUT2D eigenvalue weighted by molar-refractivity contribution is 7.99. The standard InChI is InChI=1S/C23H28ClN3O4S/c1-3-13-25-23(29)21(4-2)26(14-17-5-9-19(24)10-6-17)22(28)16-32-15-18-7-11-20(12-8-18)27(30)31/h5-12,21H,3-4,13-16H2,1-2H3,(H,25,29). The van der Waals surface area contributed by atoms with Crippen molar-refractivity contribution in [3.8, 4) is 0 Å². The van der Waals surface area contributed by atoms with Crippen LogP contribution in [0.15, 0.2) is 48.5 Å². The largest absolute Gasteiger partial charge is 0.354 e. The van der Waals surface area contributed by atoms with Gasteiger partial charge in [0.1, 0.15) is 6.04 Å². The van der Waals surface area contributed by atoms with Crippen LogP contribution in [-0.4, -0.2) is 40.0 Å². The molecule has 2 rings (SSSR count). The summed E-state index contributed by atoms with van der Waals surface area (Å²) < 4.78 is 0. The van der Waals surface area contributed by atoms with E-state index in [1.807, 2.05) is 26.0 Å². The van der Waals surface area contributed by atoms with Crippen molar-refractivity contribution in [3.63, 3.8) is 0 Å². The van der Waals surface area contributed by atoms with E-state index < -0.39 is 11.0 Å². The molecule has 2 aromatic rings. The fourth-order valence-electron chi connectivity index (χ4n) is 3.13. The van der Waals surface area contributed by atoms with Gasteiger partial charge in [0.15, 0.2) is 0 Å². The van der Waals surface area contributed by atoms with Gasteiger partial charge in [0.05, 0.1) is 10.7 Å². The molecule has 7 nitrogen and oxygen atoms in total. The maximum absolute atomic E-state index is 13.1. The summed E-state index contributed by atoms with van der Waals surface area (Å²) in [6.45, 7) is 4.74. The zero-order chi connectivity index (χ0) is 23.5. The van der Waals surface area contributed by atoms with E-state index in [9.17, 15) is 19.7 Å². The molecule has 1 unspecified atom stereocenters. The Morgan fingerprint density at radius 3 is 2.28 bits per heavy atom. The normalized spacial score (nSPS) is 11.6. The minimum Gasteiger partial charge on any atom is -0.354 e. The van der Waals surface area contributed by atoms with Crippen LogP contribution < -0.4 is 5.32 Å². The number of rotatable bonds is 12. The maximum atomic E-state index is 13.1. The van der Waals surface area contributed by atoms with Gasteiger partial charge in [-0.2, -0.15) is 0 Å². The average molecular weight is 478 g/mol. The number of hydrogen-bond donors (Lipinski definition) is 1. The SMILES string of the molecule is CCCNC(=O)C(CC)N(Cc1ccc(Cl)cc1)C(=O)CSCc1ccc([N+](=O)[O-])cc1. The Morgan fingerprint density at radius 2 is 1.72 bits per heavy atom. The molecule has 2 aromatic carbocycles. The second kappa shape index (κ2) is 13.1. The Hall–Kier alpha value is -2.58. The second-order valence-corrected chi connectivity index (χ2v) is 8.70. The van der Waals surface area contributed by atoms with Gasteiger partial charge in [-0.1, -0.05) is 49.7 Å². The molecule has 0 aliphatic heterocycles. The second-order valence-electron chi connectivity index (χ2n) is 7.28. The van der Waals surface area contributed by atoms with Crippen molar-refractivity contribution in [3.05, 3.63) is 74.8 Å². The number of carbonyl (C=O) groups is 2. The molecule has 0 aliphatic rings. The Balaban J connectivity index is 2.08. The van der Waals surface area contributed by atoms with Gasteiger partial charge < -0.3 is 10.2 Å². The molecule has 0 saturated carbocycles. The van der Waals surface area contributed by atoms with Crippen molar-refractivity contribution < 1.29 is 14.5 Å². The summed E-state index contributed by atoms with van der Waals surface area (Å²) in [5, 5.41) is 14.3. The van der Waals surface area contributed by atoms with E-state index in [2.05, 4.69) is 5.32 Å². The number of halogens is 1. The molecule has 0 fully saturated rings. The highest BCUT2D eigenvalue weighted by atomic mass is 35.5. The van der Waals surface area contributed by atoms with E-state index in [0.717, 1.165) is 17.5 Å². The number of nitro benzene ring substituents is 1. The van der Waals surface area contributed by atoms with Gasteiger partial charge in [-0.05, 0) is 36.1 Å². The van der Waals surface area contributed by atoms with E-state index in [1.54, 1.807) is 29.2 Å². The predicted octanol–water partition coefficient (Wildman–Crippen LogP) is 4.82. The van der Waals surface area contributed by atoms with Crippen molar-refractivity contribution in [2.45, 2.75) is 45.0 Å². The highest BCUT2D eigenvalue weighted by Crippen LogP contribution is 2.20. The number of amides is 2. The summed E-state index contributed by atoms with van der Waals surface area (Å²) in [7, 11) is 0. The summed E-state index contributed by atoms with van der Waals surface area (Å²) in [6, 6.07) is 13.0. The minimum atomic E-state index is -0.565. The van der Waals surface area contributed by atoms with Crippen LogP contribution in [0.25, 0.3) is 0 Å². The zero-order valence-electron chi connectivity index (χ0n) is 18.3. The first kappa shape index (κ1) is 25.7. The monoisotopic (exact) mass is 477 g/mol. The lowest BCUT2D eigenvalue weighted by atomic mass is 10.1. The van der Waals surface area contributed by atoms with Crippen LogP contribution in [0.5, 0.6) is 0 Å². The average Bonchev–Trinajstić information content (AvgIpc) is 2.79. The van der Waals surface area contributed by atoms with Crippen LogP contribution in [0.3, 0.4) is 0 Å². The molecular weight excluding hydrogens is 450 g/mol. The zero-order valence-corrected chi connectivity index (χ0v) is 19.8. The fraction of sp³-hybridized carbons (Fsp3) is 0.391. The third kappa shape index (κ3) is 7.84. The first-order valence-corrected chi connectivity index (χ1v) is 12.0. The number of non-ortho nitro benzene ring substituents is 1. The number of thioether (sulfide) groups is 1. The van der Waals surface area contributed by atoms with Gasteiger partial charge in [-0.3, -0.25) is 19.7 Å². The first-order chi connectivity index (χ1) is 15.3. The fourth-order valence-corrected chi connectivity index (χ4v) is 4.12. The van der Waals surface area contributed by atoms with Crippen molar-refractivity contribution in [2.24, 2.45) is 0 Å². The number of benzene rings is 2. The van der Waals surface area contributed by atoms with Gasteiger partial charge in [0.2, 0.25) is 11.8 Å². The molecule has 0 spiro atoms. The molecule has 0 bridgehead atoms. The summed E-state index contributed by atoms with van der Waals surface area (Å²) in [5.41, 5.74) is 1.82. The molecule has 1 N–H and O–H groups in total. The Morgan fingerprint density at radius 1 is 1.09 bits per heavy atom. The van der Waals surface area contributed by atoms with Gasteiger partial charge in [0, 0.05) is 36.0 Å². The molecule has 0 radical (unpaired) electrons. The summed E-state index contributed by atoms with van der Waals surface area (Å²) in [4.78, 5) is 37.8. The Kier molecular flexibility index (Phi) is 10.5. The topological polar surface area (TPSA) is 92.6 Å². The van der Waals surface area contributed by atoms with Crippen LogP contribution in [0.2, 0.25) is 5.02 Å². The Bertz CT molecular complexity index is 906. The summed E-state index contributed by atoms with van der Waals surface area (Å²) >= 11 is 7.39. The predicted molar refractivity (Wildman–Crippen MR) is 129 cm³/mol. The van der Waals surface area contributed by atoms with Crippen molar-refractivity contribution in [1.82, 2.24) is 10.2 Å². The molecular formula is C23H28ClN3O4S. The van der Waals surface area contributed by atoms with E-state index in [1.165, 1.54) is 23.9 Å². The van der Waals surface area contributed by atoms with Crippen LogP contribution >= 0.6 is 23.4 Å². The molecule has 0 aromatic heterocycles. The lowest BCUT2D eigenvalue weighted by Crippen LogP contribution is -2.49. The number of nitrogens with zero attached hydrogens (tertiary/aromatic N) is 2. The lowest BCUT2D eigenvalue weighted by Gasteiger charge is -2.30. The van der Waals surface area contributed by atoms with Crippen LogP contribution in [0.4, 0.5) is 5.69 Å². The molecule has 0 aliphatic carbocycles. The van der Waals surface area contributed by atoms with Crippen molar-refractivity contribution in [2.75, 3.05) is 12.3 Å². The van der Waals surface area contributed by atoms with Crippen molar-refractivity contribution in [1.29, 1.82) is 0 Å². The van der Waals surface area contributed by atoms with Crippen LogP contribution in [-0.2, 0) is 21.9 Å². The summed E-state index contributed by atoms with van der Waals surface area (Å²) in [6.07, 6.45) is 1.32. The number of hydrogen-bond acceptors (Lipinski definition) is 5. The number of nitro groups is 1. The maximum Gasteiger partial charge on any atom is 0.269 e. The molecule has 2 amide bonds. The minimum absolute atomic E-state index is 0.0350. The van der Waals surface area contributed by atoms with E-state index in [4.69, 9.17) is 11.6 Å². The lowest BCUT2D eigenvalue weighted by molar-refractivity contribution is -0.384. The molecule has 0 heterocycles. The van der Waals surface area contributed by atoms with Gasteiger partial charge in [-0.25, -0.2) is 0 Å². The quantitative estimate of drug-likeness (QED) is 0.349. The molecule has 32 heavy (non-hydrogen) atoms. The molecule has 0 saturated heterocycles. The van der Waals surface area contributed by atoms with E-state index in [0.29, 0.717) is 30.3 Å². The van der Waals surface area contributed by atoms with Gasteiger partial charge in [0.25, 0.3) is 5.69 Å².